The number of hydrogen-bond acceptors (Lipinski definition) is 2. The molecule has 19 heavy (non-hydrogen) atoms. The van der Waals surface area contributed by atoms with E-state index >= 15 is 0 Å². The first-order chi connectivity index (χ1) is 9.29. The quantitative estimate of drug-likeness (QED) is 0.801. The van der Waals surface area contributed by atoms with Crippen LogP contribution in [0.2, 0.25) is 0 Å². The van der Waals surface area contributed by atoms with Crippen LogP contribution in [-0.2, 0) is 6.54 Å². The van der Waals surface area contributed by atoms with E-state index in [0.717, 1.165) is 6.54 Å². The Balaban J connectivity index is 1.88. The Morgan fingerprint density at radius 3 is 2.68 bits per heavy atom. The monoisotopic (exact) mass is 260 g/mol. The van der Waals surface area contributed by atoms with Crippen molar-refractivity contribution in [1.82, 2.24) is 9.80 Å². The van der Waals surface area contributed by atoms with Gasteiger partial charge >= 0.3 is 0 Å². The van der Waals surface area contributed by atoms with Crippen LogP contribution in [0.4, 0.5) is 0 Å². The molecule has 1 aromatic carbocycles. The van der Waals surface area contributed by atoms with Crippen LogP contribution in [-0.4, -0.2) is 42.0 Å². The van der Waals surface area contributed by atoms with Crippen LogP contribution in [0.15, 0.2) is 30.3 Å². The van der Waals surface area contributed by atoms with Crippen molar-refractivity contribution in [2.45, 2.75) is 45.7 Å². The standard InChI is InChI=1S/C17H28N2/c1-3-4-11-18-12-8-13-19(16(2)14-18)15-17-9-6-5-7-10-17/h5-7,9-10,16H,3-4,8,11-15H2,1-2H3/t16-/m1/s1. The Morgan fingerprint density at radius 1 is 1.16 bits per heavy atom. The minimum atomic E-state index is 0.666. The molecule has 0 aliphatic carbocycles. The zero-order valence-corrected chi connectivity index (χ0v) is 12.5. The van der Waals surface area contributed by atoms with Gasteiger partial charge in [0.15, 0.2) is 0 Å². The van der Waals surface area contributed by atoms with Gasteiger partial charge in [0.05, 0.1) is 0 Å². The highest BCUT2D eigenvalue weighted by molar-refractivity contribution is 5.14. The Bertz CT molecular complexity index is 350. The average Bonchev–Trinajstić information content (AvgIpc) is 2.60. The summed E-state index contributed by atoms with van der Waals surface area (Å²) in [5, 5.41) is 0. The molecule has 1 aromatic rings. The van der Waals surface area contributed by atoms with E-state index < -0.39 is 0 Å². The van der Waals surface area contributed by atoms with E-state index in [9.17, 15) is 0 Å². The summed E-state index contributed by atoms with van der Waals surface area (Å²) in [5.41, 5.74) is 1.44. The first kappa shape index (κ1) is 14.5. The van der Waals surface area contributed by atoms with E-state index in [-0.39, 0.29) is 0 Å². The third-order valence-electron chi connectivity index (χ3n) is 4.12. The van der Waals surface area contributed by atoms with Gasteiger partial charge in [-0.25, -0.2) is 0 Å². The molecule has 0 radical (unpaired) electrons. The van der Waals surface area contributed by atoms with Crippen LogP contribution in [0.3, 0.4) is 0 Å². The zero-order chi connectivity index (χ0) is 13.5. The normalized spacial score (nSPS) is 22.3. The van der Waals surface area contributed by atoms with Crippen LogP contribution >= 0.6 is 0 Å². The highest BCUT2D eigenvalue weighted by atomic mass is 15.2. The van der Waals surface area contributed by atoms with E-state index in [0.29, 0.717) is 6.04 Å². The van der Waals surface area contributed by atoms with Crippen molar-refractivity contribution in [3.8, 4) is 0 Å². The zero-order valence-electron chi connectivity index (χ0n) is 12.5. The van der Waals surface area contributed by atoms with Crippen LogP contribution in [0, 0.1) is 0 Å². The fourth-order valence-corrected chi connectivity index (χ4v) is 2.94. The lowest BCUT2D eigenvalue weighted by Crippen LogP contribution is -2.38. The maximum atomic E-state index is 2.65. The summed E-state index contributed by atoms with van der Waals surface area (Å²) in [4.78, 5) is 5.29. The van der Waals surface area contributed by atoms with Crippen molar-refractivity contribution in [1.29, 1.82) is 0 Å². The van der Waals surface area contributed by atoms with Gasteiger partial charge in [0.25, 0.3) is 0 Å². The SMILES string of the molecule is CCCCN1CCCN(Cc2ccccc2)[C@H](C)C1. The molecule has 1 fully saturated rings. The number of unbranched alkanes of at least 4 members (excludes halogenated alkanes) is 1. The molecule has 1 atom stereocenters. The van der Waals surface area contributed by atoms with Gasteiger partial charge in [-0.1, -0.05) is 43.7 Å². The van der Waals surface area contributed by atoms with Crippen LogP contribution in [0.1, 0.15) is 38.7 Å². The largest absolute Gasteiger partial charge is 0.302 e. The summed E-state index contributed by atoms with van der Waals surface area (Å²) in [7, 11) is 0. The second-order valence-electron chi connectivity index (χ2n) is 5.81. The molecule has 0 bridgehead atoms. The molecular formula is C17H28N2. The number of nitrogens with zero attached hydrogens (tertiary/aromatic N) is 2. The van der Waals surface area contributed by atoms with Crippen molar-refractivity contribution < 1.29 is 0 Å². The molecule has 1 saturated heterocycles. The molecule has 106 valence electrons. The lowest BCUT2D eigenvalue weighted by Gasteiger charge is -2.29. The molecule has 1 aliphatic heterocycles. The topological polar surface area (TPSA) is 6.48 Å². The molecule has 0 saturated carbocycles. The van der Waals surface area contributed by atoms with Gasteiger partial charge in [-0.2, -0.15) is 0 Å². The van der Waals surface area contributed by atoms with Crippen LogP contribution in [0.25, 0.3) is 0 Å². The third kappa shape index (κ3) is 4.63. The number of rotatable bonds is 5. The Morgan fingerprint density at radius 2 is 1.95 bits per heavy atom. The minimum absolute atomic E-state index is 0.666. The molecule has 2 heteroatoms. The van der Waals surface area contributed by atoms with Gasteiger partial charge in [0.2, 0.25) is 0 Å². The van der Waals surface area contributed by atoms with E-state index in [1.54, 1.807) is 0 Å². The van der Waals surface area contributed by atoms with Gasteiger partial charge in [-0.15, -0.1) is 0 Å². The van der Waals surface area contributed by atoms with E-state index in [1.165, 1.54) is 51.0 Å². The summed E-state index contributed by atoms with van der Waals surface area (Å²) in [5.74, 6) is 0. The van der Waals surface area contributed by atoms with Crippen molar-refractivity contribution in [2.75, 3.05) is 26.2 Å². The highest BCUT2D eigenvalue weighted by Crippen LogP contribution is 2.14. The predicted octanol–water partition coefficient (Wildman–Crippen LogP) is 3.38. The molecule has 0 amide bonds. The molecule has 0 unspecified atom stereocenters. The van der Waals surface area contributed by atoms with Crippen LogP contribution < -0.4 is 0 Å². The van der Waals surface area contributed by atoms with Crippen molar-refractivity contribution in [3.05, 3.63) is 35.9 Å². The molecule has 0 spiro atoms. The van der Waals surface area contributed by atoms with Gasteiger partial charge < -0.3 is 4.90 Å². The van der Waals surface area contributed by atoms with E-state index in [4.69, 9.17) is 0 Å². The van der Waals surface area contributed by atoms with Gasteiger partial charge in [-0.3, -0.25) is 4.90 Å². The minimum Gasteiger partial charge on any atom is -0.302 e. The number of hydrogen-bond donors (Lipinski definition) is 0. The molecule has 1 heterocycles. The molecule has 2 nitrogen and oxygen atoms in total. The van der Waals surface area contributed by atoms with E-state index in [1.807, 2.05) is 0 Å². The molecule has 2 rings (SSSR count). The maximum Gasteiger partial charge on any atom is 0.0237 e. The number of benzene rings is 1. The highest BCUT2D eigenvalue weighted by Gasteiger charge is 2.20. The lowest BCUT2D eigenvalue weighted by atomic mass is 10.2. The van der Waals surface area contributed by atoms with Crippen molar-refractivity contribution in [2.24, 2.45) is 0 Å². The Labute approximate surface area is 118 Å². The fraction of sp³-hybridized carbons (Fsp3) is 0.647. The first-order valence-corrected chi connectivity index (χ1v) is 7.80. The average molecular weight is 260 g/mol. The molecule has 0 N–H and O–H groups in total. The smallest absolute Gasteiger partial charge is 0.0237 e. The molecular weight excluding hydrogens is 232 g/mol. The van der Waals surface area contributed by atoms with Crippen molar-refractivity contribution >= 4 is 0 Å². The second-order valence-corrected chi connectivity index (χ2v) is 5.81. The predicted molar refractivity (Wildman–Crippen MR) is 82.3 cm³/mol. The van der Waals surface area contributed by atoms with Gasteiger partial charge in [-0.05, 0) is 38.4 Å². The summed E-state index contributed by atoms with van der Waals surface area (Å²) in [6, 6.07) is 11.5. The van der Waals surface area contributed by atoms with Crippen molar-refractivity contribution in [3.63, 3.8) is 0 Å². The third-order valence-corrected chi connectivity index (χ3v) is 4.12. The second kappa shape index (κ2) is 7.66. The summed E-state index contributed by atoms with van der Waals surface area (Å²) in [6.45, 7) is 10.8. The van der Waals surface area contributed by atoms with Crippen LogP contribution in [0.5, 0.6) is 0 Å². The Kier molecular flexibility index (Phi) is 5.87. The Hall–Kier alpha value is -0.860. The van der Waals surface area contributed by atoms with E-state index in [2.05, 4.69) is 54.0 Å². The summed E-state index contributed by atoms with van der Waals surface area (Å²) < 4.78 is 0. The lowest BCUT2D eigenvalue weighted by molar-refractivity contribution is 0.183. The van der Waals surface area contributed by atoms with Gasteiger partial charge in [0.1, 0.15) is 0 Å². The summed E-state index contributed by atoms with van der Waals surface area (Å²) in [6.07, 6.45) is 3.95. The first-order valence-electron chi connectivity index (χ1n) is 7.80. The molecule has 1 aliphatic rings. The van der Waals surface area contributed by atoms with Gasteiger partial charge in [0, 0.05) is 25.7 Å². The summed E-state index contributed by atoms with van der Waals surface area (Å²) >= 11 is 0. The fourth-order valence-electron chi connectivity index (χ4n) is 2.94. The molecule has 0 aromatic heterocycles. The maximum absolute atomic E-state index is 2.65.